The van der Waals surface area contributed by atoms with Crippen molar-refractivity contribution in [2.75, 3.05) is 0 Å². The molecule has 0 N–H and O–H groups in total. The van der Waals surface area contributed by atoms with Gasteiger partial charge in [0.25, 0.3) is 0 Å². The predicted molar refractivity (Wildman–Crippen MR) is 124 cm³/mol. The van der Waals surface area contributed by atoms with E-state index in [-0.39, 0.29) is 5.82 Å². The van der Waals surface area contributed by atoms with E-state index in [0.29, 0.717) is 11.1 Å². The van der Waals surface area contributed by atoms with E-state index in [1.165, 1.54) is 36.5 Å². The molecule has 0 saturated heterocycles. The van der Waals surface area contributed by atoms with Gasteiger partial charge >= 0.3 is 0 Å². The molecule has 1 heteroatoms. The van der Waals surface area contributed by atoms with Crippen molar-refractivity contribution in [1.82, 2.24) is 0 Å². The Balaban J connectivity index is 1.67. The van der Waals surface area contributed by atoms with Gasteiger partial charge in [-0.2, -0.15) is 0 Å². The van der Waals surface area contributed by atoms with Gasteiger partial charge in [-0.05, 0) is 72.9 Å². The van der Waals surface area contributed by atoms with Crippen LogP contribution in [0, 0.1) is 29.5 Å². The van der Waals surface area contributed by atoms with Crippen LogP contribution in [0.3, 0.4) is 0 Å². The summed E-state index contributed by atoms with van der Waals surface area (Å²) < 4.78 is 14.4. The summed E-state index contributed by atoms with van der Waals surface area (Å²) in [6.45, 7) is 4.33. The highest BCUT2D eigenvalue weighted by molar-refractivity contribution is 5.49. The smallest absolute Gasteiger partial charge is 0.140 e. The molecule has 0 atom stereocenters. The van der Waals surface area contributed by atoms with Crippen molar-refractivity contribution in [3.8, 4) is 23.7 Å². The third-order valence-corrected chi connectivity index (χ3v) is 5.05. The zero-order valence-corrected chi connectivity index (χ0v) is 17.8. The van der Waals surface area contributed by atoms with Crippen molar-refractivity contribution in [1.29, 1.82) is 0 Å². The maximum atomic E-state index is 14.4. The van der Waals surface area contributed by atoms with E-state index in [9.17, 15) is 4.39 Å². The Labute approximate surface area is 180 Å². The van der Waals surface area contributed by atoms with Crippen LogP contribution in [0.25, 0.3) is 0 Å². The number of rotatable bonds is 5. The van der Waals surface area contributed by atoms with Crippen LogP contribution < -0.4 is 0 Å². The fourth-order valence-electron chi connectivity index (χ4n) is 3.14. The first-order chi connectivity index (χ1) is 14.7. The Morgan fingerprint density at radius 1 is 0.633 bits per heavy atom. The standard InChI is InChI=1S/C29H27F/c1-3-5-6-7-24-12-14-25(15-13-24)16-17-27-19-21-28(29(30)22-27)20-18-26-10-8-23(4-2)9-11-26/h8-15,19,21-22H,3-7H2,1-2H3. The van der Waals surface area contributed by atoms with Crippen LogP contribution >= 0.6 is 0 Å². The van der Waals surface area contributed by atoms with Gasteiger partial charge in [-0.15, -0.1) is 0 Å². The van der Waals surface area contributed by atoms with E-state index in [1.54, 1.807) is 6.07 Å². The Morgan fingerprint density at radius 3 is 1.80 bits per heavy atom. The van der Waals surface area contributed by atoms with Gasteiger partial charge in [0.15, 0.2) is 0 Å². The van der Waals surface area contributed by atoms with Crippen molar-refractivity contribution >= 4 is 0 Å². The second-order valence-corrected chi connectivity index (χ2v) is 7.40. The molecule has 30 heavy (non-hydrogen) atoms. The van der Waals surface area contributed by atoms with Crippen LogP contribution in [0.2, 0.25) is 0 Å². The molecule has 0 unspecified atom stereocenters. The molecule has 0 nitrogen and oxygen atoms in total. The number of unbranched alkanes of at least 4 members (excludes halogenated alkanes) is 2. The number of benzene rings is 3. The Kier molecular flexibility index (Phi) is 7.88. The first kappa shape index (κ1) is 21.4. The van der Waals surface area contributed by atoms with Gasteiger partial charge in [-0.3, -0.25) is 0 Å². The van der Waals surface area contributed by atoms with Gasteiger partial charge in [-0.25, -0.2) is 4.39 Å². The molecule has 0 spiro atoms. The summed E-state index contributed by atoms with van der Waals surface area (Å²) in [6.07, 6.45) is 5.82. The third-order valence-electron chi connectivity index (χ3n) is 5.05. The summed E-state index contributed by atoms with van der Waals surface area (Å²) in [5.74, 6) is 11.8. The normalized spacial score (nSPS) is 9.97. The lowest BCUT2D eigenvalue weighted by Crippen LogP contribution is -1.87. The van der Waals surface area contributed by atoms with Gasteiger partial charge in [-0.1, -0.05) is 74.6 Å². The summed E-state index contributed by atoms with van der Waals surface area (Å²) in [6, 6.07) is 21.4. The second-order valence-electron chi connectivity index (χ2n) is 7.40. The highest BCUT2D eigenvalue weighted by Gasteiger charge is 2.00. The van der Waals surface area contributed by atoms with Crippen LogP contribution in [0.5, 0.6) is 0 Å². The fourth-order valence-corrected chi connectivity index (χ4v) is 3.14. The molecule has 0 aliphatic heterocycles. The maximum absolute atomic E-state index is 14.4. The number of halogens is 1. The van der Waals surface area contributed by atoms with Crippen molar-refractivity contribution < 1.29 is 4.39 Å². The third kappa shape index (κ3) is 6.37. The zero-order chi connectivity index (χ0) is 21.2. The molecule has 150 valence electrons. The molecular weight excluding hydrogens is 367 g/mol. The van der Waals surface area contributed by atoms with Crippen LogP contribution in [-0.2, 0) is 12.8 Å². The molecule has 0 aliphatic rings. The highest BCUT2D eigenvalue weighted by Crippen LogP contribution is 2.11. The number of hydrogen-bond donors (Lipinski definition) is 0. The highest BCUT2D eigenvalue weighted by atomic mass is 19.1. The second kappa shape index (κ2) is 11.0. The summed E-state index contributed by atoms with van der Waals surface area (Å²) in [7, 11) is 0. The minimum absolute atomic E-state index is 0.342. The lowest BCUT2D eigenvalue weighted by Gasteiger charge is -2.00. The largest absolute Gasteiger partial charge is 0.206 e. The lowest BCUT2D eigenvalue weighted by molar-refractivity contribution is 0.624. The SMILES string of the molecule is CCCCCc1ccc(C#Cc2ccc(C#Cc3ccc(CC)cc3)c(F)c2)cc1. The lowest BCUT2D eigenvalue weighted by atomic mass is 10.1. The molecule has 0 radical (unpaired) electrons. The molecule has 0 aromatic heterocycles. The van der Waals surface area contributed by atoms with Gasteiger partial charge < -0.3 is 0 Å². The van der Waals surface area contributed by atoms with E-state index >= 15 is 0 Å². The van der Waals surface area contributed by atoms with E-state index in [4.69, 9.17) is 0 Å². The first-order valence-electron chi connectivity index (χ1n) is 10.7. The van der Waals surface area contributed by atoms with Crippen LogP contribution in [-0.4, -0.2) is 0 Å². The molecule has 3 aromatic carbocycles. The van der Waals surface area contributed by atoms with Gasteiger partial charge in [0, 0.05) is 16.7 Å². The van der Waals surface area contributed by atoms with Crippen LogP contribution in [0.15, 0.2) is 66.7 Å². The van der Waals surface area contributed by atoms with Crippen molar-refractivity contribution in [2.24, 2.45) is 0 Å². The Morgan fingerprint density at radius 2 is 1.20 bits per heavy atom. The molecule has 3 rings (SSSR count). The van der Waals surface area contributed by atoms with Gasteiger partial charge in [0.1, 0.15) is 5.82 Å². The van der Waals surface area contributed by atoms with E-state index in [2.05, 4.69) is 61.8 Å². The van der Waals surface area contributed by atoms with Crippen molar-refractivity contribution in [2.45, 2.75) is 46.0 Å². The molecule has 0 heterocycles. The zero-order valence-electron chi connectivity index (χ0n) is 17.8. The van der Waals surface area contributed by atoms with Crippen LogP contribution in [0.4, 0.5) is 4.39 Å². The Bertz CT molecular complexity index is 1080. The van der Waals surface area contributed by atoms with Gasteiger partial charge in [0.05, 0.1) is 5.56 Å². The topological polar surface area (TPSA) is 0 Å². The molecule has 0 amide bonds. The molecule has 0 aliphatic carbocycles. The minimum atomic E-state index is -0.342. The van der Waals surface area contributed by atoms with Gasteiger partial charge in [0.2, 0.25) is 0 Å². The summed E-state index contributed by atoms with van der Waals surface area (Å²) >= 11 is 0. The quantitative estimate of drug-likeness (QED) is 0.325. The predicted octanol–water partition coefficient (Wildman–Crippen LogP) is 6.92. The van der Waals surface area contributed by atoms with E-state index < -0.39 is 0 Å². The number of aryl methyl sites for hydroxylation is 2. The molecule has 0 saturated carbocycles. The van der Waals surface area contributed by atoms with E-state index in [1.807, 2.05) is 30.3 Å². The first-order valence-corrected chi connectivity index (χ1v) is 10.7. The monoisotopic (exact) mass is 394 g/mol. The molecule has 3 aromatic rings. The minimum Gasteiger partial charge on any atom is -0.206 e. The molecule has 0 fully saturated rings. The Hall–Kier alpha value is -3.29. The van der Waals surface area contributed by atoms with Crippen molar-refractivity contribution in [3.05, 3.63) is 106 Å². The summed E-state index contributed by atoms with van der Waals surface area (Å²) in [4.78, 5) is 0. The number of hydrogen-bond acceptors (Lipinski definition) is 0. The molecule has 0 bridgehead atoms. The average molecular weight is 395 g/mol. The summed E-state index contributed by atoms with van der Waals surface area (Å²) in [5, 5.41) is 0. The van der Waals surface area contributed by atoms with Crippen molar-refractivity contribution in [3.63, 3.8) is 0 Å². The molecular formula is C29H27F. The summed E-state index contributed by atoms with van der Waals surface area (Å²) in [5.41, 5.74) is 5.46. The average Bonchev–Trinajstić information content (AvgIpc) is 2.78. The maximum Gasteiger partial charge on any atom is 0.140 e. The van der Waals surface area contributed by atoms with E-state index in [0.717, 1.165) is 24.0 Å². The van der Waals surface area contributed by atoms with Crippen LogP contribution in [0.1, 0.15) is 66.5 Å². The fraction of sp³-hybridized carbons (Fsp3) is 0.241.